The Balaban J connectivity index is 3.04. The van der Waals surface area contributed by atoms with Crippen LogP contribution in [-0.4, -0.2) is 19.8 Å². The SMILES string of the molecule is CCC(CC)(OC)C(N)c1cccc(OC)c1. The third kappa shape index (κ3) is 2.79. The lowest BCUT2D eigenvalue weighted by Crippen LogP contribution is -2.42. The fourth-order valence-corrected chi connectivity index (χ4v) is 2.24. The average Bonchev–Trinajstić information content (AvgIpc) is 2.41. The van der Waals surface area contributed by atoms with Gasteiger partial charge in [-0.05, 0) is 30.5 Å². The fourth-order valence-electron chi connectivity index (χ4n) is 2.24. The van der Waals surface area contributed by atoms with Crippen molar-refractivity contribution < 1.29 is 9.47 Å². The first-order valence-electron chi connectivity index (χ1n) is 6.08. The number of hydrogen-bond acceptors (Lipinski definition) is 3. The van der Waals surface area contributed by atoms with Crippen LogP contribution in [0.25, 0.3) is 0 Å². The summed E-state index contributed by atoms with van der Waals surface area (Å²) >= 11 is 0. The quantitative estimate of drug-likeness (QED) is 0.827. The molecule has 0 spiro atoms. The molecule has 0 aliphatic rings. The van der Waals surface area contributed by atoms with Crippen LogP contribution in [0.3, 0.4) is 0 Å². The molecule has 0 aliphatic carbocycles. The minimum absolute atomic E-state index is 0.141. The van der Waals surface area contributed by atoms with Gasteiger partial charge in [0, 0.05) is 7.11 Å². The van der Waals surface area contributed by atoms with Crippen molar-refractivity contribution in [3.05, 3.63) is 29.8 Å². The number of benzene rings is 1. The van der Waals surface area contributed by atoms with Crippen molar-refractivity contribution in [3.8, 4) is 5.75 Å². The van der Waals surface area contributed by atoms with Crippen molar-refractivity contribution in [1.82, 2.24) is 0 Å². The van der Waals surface area contributed by atoms with Gasteiger partial charge in [0.15, 0.2) is 0 Å². The van der Waals surface area contributed by atoms with E-state index in [1.165, 1.54) is 0 Å². The second kappa shape index (κ2) is 6.03. The summed E-state index contributed by atoms with van der Waals surface area (Å²) in [5.41, 5.74) is 7.10. The van der Waals surface area contributed by atoms with Crippen LogP contribution in [-0.2, 0) is 4.74 Å². The summed E-state index contributed by atoms with van der Waals surface area (Å²) in [5.74, 6) is 0.829. The summed E-state index contributed by atoms with van der Waals surface area (Å²) in [6.07, 6.45) is 1.77. The Morgan fingerprint density at radius 1 is 1.24 bits per heavy atom. The van der Waals surface area contributed by atoms with Gasteiger partial charge in [0.25, 0.3) is 0 Å². The molecule has 3 heteroatoms. The van der Waals surface area contributed by atoms with E-state index in [0.29, 0.717) is 0 Å². The van der Waals surface area contributed by atoms with Crippen molar-refractivity contribution in [2.45, 2.75) is 38.3 Å². The number of rotatable bonds is 6. The molecular formula is C14H23NO2. The van der Waals surface area contributed by atoms with Gasteiger partial charge in [-0.15, -0.1) is 0 Å². The molecule has 0 bridgehead atoms. The molecule has 0 saturated carbocycles. The molecule has 3 nitrogen and oxygen atoms in total. The molecule has 17 heavy (non-hydrogen) atoms. The van der Waals surface area contributed by atoms with Crippen LogP contribution in [0.2, 0.25) is 0 Å². The van der Waals surface area contributed by atoms with Gasteiger partial charge < -0.3 is 15.2 Å². The van der Waals surface area contributed by atoms with Crippen LogP contribution in [0.4, 0.5) is 0 Å². The molecule has 2 N–H and O–H groups in total. The highest BCUT2D eigenvalue weighted by atomic mass is 16.5. The van der Waals surface area contributed by atoms with Gasteiger partial charge >= 0.3 is 0 Å². The topological polar surface area (TPSA) is 44.5 Å². The largest absolute Gasteiger partial charge is 0.497 e. The third-order valence-electron chi connectivity index (χ3n) is 3.62. The maximum Gasteiger partial charge on any atom is 0.119 e. The van der Waals surface area contributed by atoms with Gasteiger partial charge in [-0.2, -0.15) is 0 Å². The molecule has 0 aliphatic heterocycles. The number of methoxy groups -OCH3 is 2. The zero-order chi connectivity index (χ0) is 12.9. The molecule has 0 heterocycles. The van der Waals surface area contributed by atoms with Crippen LogP contribution in [0.1, 0.15) is 38.3 Å². The Hall–Kier alpha value is -1.06. The van der Waals surface area contributed by atoms with Crippen molar-refractivity contribution in [1.29, 1.82) is 0 Å². The molecule has 1 aromatic rings. The van der Waals surface area contributed by atoms with Crippen molar-refractivity contribution in [3.63, 3.8) is 0 Å². The molecular weight excluding hydrogens is 214 g/mol. The van der Waals surface area contributed by atoms with Crippen LogP contribution in [0, 0.1) is 0 Å². The molecule has 0 aromatic heterocycles. The second-order valence-electron chi connectivity index (χ2n) is 4.23. The van der Waals surface area contributed by atoms with E-state index >= 15 is 0 Å². The number of ether oxygens (including phenoxy) is 2. The first-order chi connectivity index (χ1) is 8.13. The van der Waals surface area contributed by atoms with Crippen LogP contribution in [0.15, 0.2) is 24.3 Å². The highest BCUT2D eigenvalue weighted by Crippen LogP contribution is 2.34. The van der Waals surface area contributed by atoms with E-state index in [1.807, 2.05) is 24.3 Å². The molecule has 0 radical (unpaired) electrons. The molecule has 1 aromatic carbocycles. The lowest BCUT2D eigenvalue weighted by molar-refractivity contribution is -0.0386. The summed E-state index contributed by atoms with van der Waals surface area (Å²) in [4.78, 5) is 0. The standard InChI is InChI=1S/C14H23NO2/c1-5-14(6-2,17-4)13(15)11-8-7-9-12(10-11)16-3/h7-10,13H,5-6,15H2,1-4H3. The molecule has 1 unspecified atom stereocenters. The molecule has 0 fully saturated rings. The first kappa shape index (κ1) is 14.0. The Bertz CT molecular complexity index is 340. The molecule has 1 rings (SSSR count). The Morgan fingerprint density at radius 2 is 1.88 bits per heavy atom. The maximum absolute atomic E-state index is 6.35. The highest BCUT2D eigenvalue weighted by Gasteiger charge is 2.34. The van der Waals surface area contributed by atoms with Crippen LogP contribution in [0.5, 0.6) is 5.75 Å². The van der Waals surface area contributed by atoms with Gasteiger partial charge in [0.1, 0.15) is 5.75 Å². The zero-order valence-corrected chi connectivity index (χ0v) is 11.2. The number of nitrogens with two attached hydrogens (primary N) is 1. The first-order valence-corrected chi connectivity index (χ1v) is 6.08. The van der Waals surface area contributed by atoms with E-state index in [0.717, 1.165) is 24.2 Å². The van der Waals surface area contributed by atoms with Gasteiger partial charge in [-0.1, -0.05) is 26.0 Å². The van der Waals surface area contributed by atoms with Crippen molar-refractivity contribution in [2.24, 2.45) is 5.73 Å². The Kier molecular flexibility index (Phi) is 4.97. The maximum atomic E-state index is 6.35. The molecule has 1 atom stereocenters. The fraction of sp³-hybridized carbons (Fsp3) is 0.571. The number of hydrogen-bond donors (Lipinski definition) is 1. The predicted molar refractivity (Wildman–Crippen MR) is 70.2 cm³/mol. The van der Waals surface area contributed by atoms with E-state index in [-0.39, 0.29) is 11.6 Å². The minimum atomic E-state index is -0.299. The van der Waals surface area contributed by atoms with Crippen molar-refractivity contribution in [2.75, 3.05) is 14.2 Å². The van der Waals surface area contributed by atoms with Gasteiger partial charge in [-0.25, -0.2) is 0 Å². The van der Waals surface area contributed by atoms with E-state index in [4.69, 9.17) is 15.2 Å². The summed E-state index contributed by atoms with van der Waals surface area (Å²) in [5, 5.41) is 0. The van der Waals surface area contributed by atoms with E-state index < -0.39 is 0 Å². The van der Waals surface area contributed by atoms with Crippen LogP contribution < -0.4 is 10.5 Å². The monoisotopic (exact) mass is 237 g/mol. The normalized spacial score (nSPS) is 13.5. The molecule has 96 valence electrons. The molecule has 0 amide bonds. The van der Waals surface area contributed by atoms with Gasteiger partial charge in [-0.3, -0.25) is 0 Å². The van der Waals surface area contributed by atoms with E-state index in [9.17, 15) is 0 Å². The smallest absolute Gasteiger partial charge is 0.119 e. The van der Waals surface area contributed by atoms with Crippen LogP contribution >= 0.6 is 0 Å². The Morgan fingerprint density at radius 3 is 2.35 bits per heavy atom. The van der Waals surface area contributed by atoms with E-state index in [1.54, 1.807) is 14.2 Å². The summed E-state index contributed by atoms with van der Waals surface area (Å²) < 4.78 is 10.9. The summed E-state index contributed by atoms with van der Waals surface area (Å²) in [6, 6.07) is 7.73. The second-order valence-corrected chi connectivity index (χ2v) is 4.23. The Labute approximate surface area is 104 Å². The lowest BCUT2D eigenvalue weighted by atomic mass is 9.84. The van der Waals surface area contributed by atoms with Crippen molar-refractivity contribution >= 4 is 0 Å². The molecule has 0 saturated heterocycles. The van der Waals surface area contributed by atoms with Gasteiger partial charge in [0.2, 0.25) is 0 Å². The predicted octanol–water partition coefficient (Wildman–Crippen LogP) is 2.90. The third-order valence-corrected chi connectivity index (χ3v) is 3.62. The summed E-state index contributed by atoms with van der Waals surface area (Å²) in [7, 11) is 3.39. The lowest BCUT2D eigenvalue weighted by Gasteiger charge is -2.36. The zero-order valence-electron chi connectivity index (χ0n) is 11.2. The highest BCUT2D eigenvalue weighted by molar-refractivity contribution is 5.31. The van der Waals surface area contributed by atoms with E-state index in [2.05, 4.69) is 13.8 Å². The average molecular weight is 237 g/mol. The minimum Gasteiger partial charge on any atom is -0.497 e. The van der Waals surface area contributed by atoms with Gasteiger partial charge in [0.05, 0.1) is 18.8 Å². The summed E-state index contributed by atoms with van der Waals surface area (Å²) in [6.45, 7) is 4.21.